The number of rotatable bonds is 2. The lowest BCUT2D eigenvalue weighted by Gasteiger charge is -2.41. The van der Waals surface area contributed by atoms with Gasteiger partial charge in [-0.3, -0.25) is 4.90 Å². The van der Waals surface area contributed by atoms with E-state index in [0.717, 1.165) is 24.9 Å². The van der Waals surface area contributed by atoms with Gasteiger partial charge >= 0.3 is 0 Å². The van der Waals surface area contributed by atoms with Gasteiger partial charge in [0, 0.05) is 13.1 Å². The Balaban J connectivity index is 1.99. The maximum atomic E-state index is 9.51. The molecule has 1 saturated carbocycles. The van der Waals surface area contributed by atoms with Crippen molar-refractivity contribution in [3.8, 4) is 6.07 Å². The lowest BCUT2D eigenvalue weighted by molar-refractivity contribution is 0.0798. The molecule has 0 radical (unpaired) electrons. The minimum Gasteiger partial charge on any atom is -0.287 e. The topological polar surface area (TPSA) is 27.0 Å². The van der Waals surface area contributed by atoms with Gasteiger partial charge in [-0.05, 0) is 37.0 Å². The van der Waals surface area contributed by atoms with Crippen molar-refractivity contribution in [1.82, 2.24) is 4.90 Å². The molecule has 0 aromatic heterocycles. The average Bonchev–Trinajstić information content (AvgIpc) is 2.30. The highest BCUT2D eigenvalue weighted by molar-refractivity contribution is 4.99. The van der Waals surface area contributed by atoms with Crippen LogP contribution in [-0.2, 0) is 0 Å². The van der Waals surface area contributed by atoms with Crippen LogP contribution in [0.25, 0.3) is 0 Å². The summed E-state index contributed by atoms with van der Waals surface area (Å²) in [5.74, 6) is 2.17. The predicted octanol–water partition coefficient (Wildman–Crippen LogP) is 3.44. The van der Waals surface area contributed by atoms with Crippen molar-refractivity contribution in [3.63, 3.8) is 0 Å². The molecule has 0 aromatic rings. The van der Waals surface area contributed by atoms with Crippen LogP contribution in [0, 0.1) is 29.1 Å². The van der Waals surface area contributed by atoms with Gasteiger partial charge in [0.1, 0.15) is 6.04 Å². The van der Waals surface area contributed by atoms with E-state index >= 15 is 0 Å². The van der Waals surface area contributed by atoms with E-state index in [1.54, 1.807) is 0 Å². The van der Waals surface area contributed by atoms with Crippen LogP contribution in [-0.4, -0.2) is 24.0 Å². The van der Waals surface area contributed by atoms with Gasteiger partial charge in [0.15, 0.2) is 0 Å². The van der Waals surface area contributed by atoms with Gasteiger partial charge in [-0.2, -0.15) is 5.26 Å². The minimum atomic E-state index is 0.195. The fourth-order valence-corrected chi connectivity index (χ4v) is 3.87. The molecule has 2 heteroatoms. The van der Waals surface area contributed by atoms with Crippen molar-refractivity contribution in [2.75, 3.05) is 13.1 Å². The quantitative estimate of drug-likeness (QED) is 0.732. The first-order valence-corrected chi connectivity index (χ1v) is 7.34. The standard InChI is InChI=1S/C15H26N2/c1-12-8-13(2)11-17(10-12)15(9-16)14-6-4-3-5-7-14/h12-15H,3-8,10-11H2,1-2H3. The average molecular weight is 234 g/mol. The normalized spacial score (nSPS) is 34.2. The van der Waals surface area contributed by atoms with E-state index < -0.39 is 0 Å². The van der Waals surface area contributed by atoms with E-state index in [9.17, 15) is 5.26 Å². The smallest absolute Gasteiger partial charge is 0.101 e. The molecule has 2 aliphatic rings. The first-order valence-electron chi connectivity index (χ1n) is 7.34. The summed E-state index contributed by atoms with van der Waals surface area (Å²) in [5.41, 5.74) is 0. The summed E-state index contributed by atoms with van der Waals surface area (Å²) in [4.78, 5) is 2.48. The summed E-state index contributed by atoms with van der Waals surface area (Å²) >= 11 is 0. The molecular weight excluding hydrogens is 208 g/mol. The minimum absolute atomic E-state index is 0.195. The van der Waals surface area contributed by atoms with Crippen LogP contribution < -0.4 is 0 Å². The highest BCUT2D eigenvalue weighted by atomic mass is 15.2. The molecule has 0 spiro atoms. The second-order valence-electron chi connectivity index (χ2n) is 6.37. The maximum absolute atomic E-state index is 9.51. The second-order valence-corrected chi connectivity index (χ2v) is 6.37. The molecule has 0 aromatic carbocycles. The number of hydrogen-bond donors (Lipinski definition) is 0. The van der Waals surface area contributed by atoms with Crippen molar-refractivity contribution < 1.29 is 0 Å². The molecule has 1 aliphatic carbocycles. The zero-order valence-corrected chi connectivity index (χ0v) is 11.4. The number of nitrogens with zero attached hydrogens (tertiary/aromatic N) is 2. The Bertz CT molecular complexity index is 265. The molecule has 1 heterocycles. The number of likely N-dealkylation sites (tertiary alicyclic amines) is 1. The van der Waals surface area contributed by atoms with Crippen molar-refractivity contribution in [2.24, 2.45) is 17.8 Å². The van der Waals surface area contributed by atoms with Gasteiger partial charge in [-0.25, -0.2) is 0 Å². The Morgan fingerprint density at radius 1 is 1.06 bits per heavy atom. The van der Waals surface area contributed by atoms with Crippen LogP contribution in [0.2, 0.25) is 0 Å². The molecule has 3 atom stereocenters. The third-order valence-corrected chi connectivity index (χ3v) is 4.52. The maximum Gasteiger partial charge on any atom is 0.101 e. The molecule has 2 fully saturated rings. The van der Waals surface area contributed by atoms with Crippen molar-refractivity contribution in [3.05, 3.63) is 0 Å². The van der Waals surface area contributed by atoms with Crippen LogP contribution in [0.4, 0.5) is 0 Å². The molecule has 3 unspecified atom stereocenters. The fraction of sp³-hybridized carbons (Fsp3) is 0.933. The lowest BCUT2D eigenvalue weighted by atomic mass is 9.82. The van der Waals surface area contributed by atoms with Gasteiger partial charge in [0.2, 0.25) is 0 Å². The molecule has 0 amide bonds. The van der Waals surface area contributed by atoms with E-state index in [1.807, 2.05) is 0 Å². The highest BCUT2D eigenvalue weighted by Crippen LogP contribution is 2.32. The molecule has 1 aliphatic heterocycles. The number of nitriles is 1. The molecule has 17 heavy (non-hydrogen) atoms. The SMILES string of the molecule is CC1CC(C)CN(C(C#N)C2CCCCC2)C1. The summed E-state index contributed by atoms with van der Waals surface area (Å²) in [7, 11) is 0. The van der Waals surface area contributed by atoms with Crippen LogP contribution in [0.5, 0.6) is 0 Å². The molecule has 2 rings (SSSR count). The van der Waals surface area contributed by atoms with E-state index in [2.05, 4.69) is 24.8 Å². The first-order chi connectivity index (χ1) is 8.20. The molecule has 2 nitrogen and oxygen atoms in total. The largest absolute Gasteiger partial charge is 0.287 e. The summed E-state index contributed by atoms with van der Waals surface area (Å²) in [5, 5.41) is 9.51. The number of hydrogen-bond acceptors (Lipinski definition) is 2. The van der Waals surface area contributed by atoms with Crippen LogP contribution in [0.3, 0.4) is 0 Å². The van der Waals surface area contributed by atoms with Gasteiger partial charge in [0.25, 0.3) is 0 Å². The van der Waals surface area contributed by atoms with E-state index in [-0.39, 0.29) is 6.04 Å². The second kappa shape index (κ2) is 5.87. The van der Waals surface area contributed by atoms with Gasteiger partial charge in [-0.15, -0.1) is 0 Å². The highest BCUT2D eigenvalue weighted by Gasteiger charge is 2.32. The van der Waals surface area contributed by atoms with Crippen molar-refractivity contribution in [2.45, 2.75) is 58.4 Å². The summed E-state index contributed by atoms with van der Waals surface area (Å²) < 4.78 is 0. The van der Waals surface area contributed by atoms with Crippen LogP contribution in [0.15, 0.2) is 0 Å². The van der Waals surface area contributed by atoms with Crippen molar-refractivity contribution in [1.29, 1.82) is 5.26 Å². The molecule has 0 bridgehead atoms. The fourth-order valence-electron chi connectivity index (χ4n) is 3.87. The molecule has 0 N–H and O–H groups in total. The summed E-state index contributed by atoms with van der Waals surface area (Å²) in [6, 6.07) is 2.80. The van der Waals surface area contributed by atoms with Crippen LogP contribution >= 0.6 is 0 Å². The lowest BCUT2D eigenvalue weighted by Crippen LogP contribution is -2.48. The third kappa shape index (κ3) is 3.22. The first kappa shape index (κ1) is 12.9. The zero-order chi connectivity index (χ0) is 12.3. The Labute approximate surface area is 106 Å². The Hall–Kier alpha value is -0.550. The molecule has 1 saturated heterocycles. The predicted molar refractivity (Wildman–Crippen MR) is 70.5 cm³/mol. The monoisotopic (exact) mass is 234 g/mol. The van der Waals surface area contributed by atoms with Gasteiger partial charge < -0.3 is 0 Å². The van der Waals surface area contributed by atoms with Gasteiger partial charge in [-0.1, -0.05) is 33.1 Å². The third-order valence-electron chi connectivity index (χ3n) is 4.52. The van der Waals surface area contributed by atoms with Crippen LogP contribution in [0.1, 0.15) is 52.4 Å². The Morgan fingerprint density at radius 2 is 1.65 bits per heavy atom. The molecular formula is C15H26N2. The van der Waals surface area contributed by atoms with E-state index in [0.29, 0.717) is 5.92 Å². The number of piperidine rings is 1. The zero-order valence-electron chi connectivity index (χ0n) is 11.4. The van der Waals surface area contributed by atoms with E-state index in [1.165, 1.54) is 38.5 Å². The Morgan fingerprint density at radius 3 is 2.18 bits per heavy atom. The summed E-state index contributed by atoms with van der Waals surface area (Å²) in [6.45, 7) is 6.94. The molecule has 96 valence electrons. The summed E-state index contributed by atoms with van der Waals surface area (Å²) in [6.07, 6.45) is 7.93. The Kier molecular flexibility index (Phi) is 4.45. The van der Waals surface area contributed by atoms with Gasteiger partial charge in [0.05, 0.1) is 6.07 Å². The van der Waals surface area contributed by atoms with E-state index in [4.69, 9.17) is 0 Å². The van der Waals surface area contributed by atoms with Crippen molar-refractivity contribution >= 4 is 0 Å².